The molecule has 1 aromatic heterocycles. The molecule has 1 aromatic carbocycles. The minimum atomic E-state index is -0.905. The molecule has 1 fully saturated rings. The van der Waals surface area contributed by atoms with E-state index in [0.717, 1.165) is 35.1 Å². The maximum absolute atomic E-state index is 13.0. The van der Waals surface area contributed by atoms with Crippen molar-refractivity contribution in [1.29, 1.82) is 0 Å². The SMILES string of the molecule is O=C([C@H](NCc1ccccc1I)[C@@H](O)c1ccncc1)N1CCCC1. The van der Waals surface area contributed by atoms with E-state index >= 15 is 0 Å². The van der Waals surface area contributed by atoms with Crippen LogP contribution >= 0.6 is 22.6 Å². The number of aromatic nitrogens is 1. The molecule has 0 aliphatic carbocycles. The summed E-state index contributed by atoms with van der Waals surface area (Å²) in [4.78, 5) is 18.8. The van der Waals surface area contributed by atoms with Crippen LogP contribution in [0.3, 0.4) is 0 Å². The number of carbonyl (C=O) groups excluding carboxylic acids is 1. The van der Waals surface area contributed by atoms with Gasteiger partial charge in [0.05, 0.1) is 0 Å². The zero-order valence-corrected chi connectivity index (χ0v) is 16.1. The van der Waals surface area contributed by atoms with E-state index in [1.54, 1.807) is 24.5 Å². The molecule has 1 saturated heterocycles. The van der Waals surface area contributed by atoms with Crippen molar-refractivity contribution in [2.45, 2.75) is 31.5 Å². The van der Waals surface area contributed by atoms with E-state index in [4.69, 9.17) is 0 Å². The van der Waals surface area contributed by atoms with Gasteiger partial charge in [-0.05, 0) is 64.8 Å². The van der Waals surface area contributed by atoms with E-state index in [9.17, 15) is 9.90 Å². The highest BCUT2D eigenvalue weighted by Gasteiger charge is 2.32. The van der Waals surface area contributed by atoms with Crippen LogP contribution in [0.2, 0.25) is 0 Å². The molecule has 132 valence electrons. The zero-order valence-electron chi connectivity index (χ0n) is 13.9. The van der Waals surface area contributed by atoms with Gasteiger partial charge in [0.25, 0.3) is 0 Å². The van der Waals surface area contributed by atoms with Crippen LogP contribution < -0.4 is 5.32 Å². The average molecular weight is 451 g/mol. The second kappa shape index (κ2) is 8.73. The number of nitrogens with one attached hydrogen (secondary N) is 1. The normalized spacial score (nSPS) is 16.6. The highest BCUT2D eigenvalue weighted by molar-refractivity contribution is 14.1. The van der Waals surface area contributed by atoms with Crippen LogP contribution in [0, 0.1) is 3.57 Å². The number of halogens is 1. The van der Waals surface area contributed by atoms with Crippen molar-refractivity contribution in [3.8, 4) is 0 Å². The summed E-state index contributed by atoms with van der Waals surface area (Å²) < 4.78 is 1.14. The Hall–Kier alpha value is -1.51. The topological polar surface area (TPSA) is 65.5 Å². The summed E-state index contributed by atoms with van der Waals surface area (Å²) in [6, 6.07) is 10.9. The summed E-state index contributed by atoms with van der Waals surface area (Å²) in [5, 5.41) is 14.1. The second-order valence-corrected chi connectivity index (χ2v) is 7.37. The first-order valence-corrected chi connectivity index (χ1v) is 9.58. The smallest absolute Gasteiger partial charge is 0.242 e. The lowest BCUT2D eigenvalue weighted by atomic mass is 10.0. The van der Waals surface area contributed by atoms with E-state index in [0.29, 0.717) is 12.1 Å². The summed E-state index contributed by atoms with van der Waals surface area (Å²) in [5.74, 6) is -0.0345. The Kier molecular flexibility index (Phi) is 6.39. The fraction of sp³-hybridized carbons (Fsp3) is 0.368. The largest absolute Gasteiger partial charge is 0.386 e. The Morgan fingerprint density at radius 2 is 1.88 bits per heavy atom. The monoisotopic (exact) mass is 451 g/mol. The molecular weight excluding hydrogens is 429 g/mol. The maximum atomic E-state index is 13.0. The Balaban J connectivity index is 1.78. The first-order valence-electron chi connectivity index (χ1n) is 8.50. The van der Waals surface area contributed by atoms with Gasteiger partial charge in [-0.3, -0.25) is 15.1 Å². The van der Waals surface area contributed by atoms with Crippen LogP contribution in [0.1, 0.15) is 30.1 Å². The molecule has 1 aliphatic heterocycles. The predicted octanol–water partition coefficient (Wildman–Crippen LogP) is 2.50. The van der Waals surface area contributed by atoms with Gasteiger partial charge in [0.15, 0.2) is 0 Å². The van der Waals surface area contributed by atoms with Crippen molar-refractivity contribution >= 4 is 28.5 Å². The number of aliphatic hydroxyl groups excluding tert-OH is 1. The summed E-state index contributed by atoms with van der Waals surface area (Å²) in [6.45, 7) is 2.07. The van der Waals surface area contributed by atoms with E-state index < -0.39 is 12.1 Å². The number of pyridine rings is 1. The summed E-state index contributed by atoms with van der Waals surface area (Å²) in [6.07, 6.45) is 4.42. The van der Waals surface area contributed by atoms with Gasteiger partial charge in [-0.2, -0.15) is 0 Å². The quantitative estimate of drug-likeness (QED) is 0.663. The first kappa shape index (κ1) is 18.3. The summed E-state index contributed by atoms with van der Waals surface area (Å²) >= 11 is 2.29. The van der Waals surface area contributed by atoms with Crippen LogP contribution in [-0.4, -0.2) is 40.0 Å². The number of aliphatic hydroxyl groups is 1. The third kappa shape index (κ3) is 4.56. The fourth-order valence-electron chi connectivity index (χ4n) is 3.08. The van der Waals surface area contributed by atoms with Crippen LogP contribution in [0.15, 0.2) is 48.8 Å². The Bertz CT molecular complexity index is 705. The third-order valence-corrected chi connectivity index (χ3v) is 5.57. The first-order chi connectivity index (χ1) is 12.2. The molecule has 2 heterocycles. The summed E-state index contributed by atoms with van der Waals surface area (Å²) in [5.41, 5.74) is 1.81. The Morgan fingerprint density at radius 3 is 2.56 bits per heavy atom. The number of rotatable bonds is 6. The number of hydrogen-bond acceptors (Lipinski definition) is 4. The van der Waals surface area contributed by atoms with Crippen molar-refractivity contribution in [2.24, 2.45) is 0 Å². The number of likely N-dealkylation sites (tertiary alicyclic amines) is 1. The van der Waals surface area contributed by atoms with Crippen LogP contribution in [-0.2, 0) is 11.3 Å². The summed E-state index contributed by atoms with van der Waals surface area (Å²) in [7, 11) is 0. The van der Waals surface area contributed by atoms with Crippen molar-refractivity contribution in [3.05, 3.63) is 63.5 Å². The van der Waals surface area contributed by atoms with Crippen molar-refractivity contribution < 1.29 is 9.90 Å². The molecule has 2 N–H and O–H groups in total. The van der Waals surface area contributed by atoms with Gasteiger partial charge in [-0.15, -0.1) is 0 Å². The molecular formula is C19H22IN3O2. The molecule has 0 saturated carbocycles. The van der Waals surface area contributed by atoms with Crippen molar-refractivity contribution in [3.63, 3.8) is 0 Å². The lowest BCUT2D eigenvalue weighted by molar-refractivity contribution is -0.135. The van der Waals surface area contributed by atoms with Gasteiger partial charge in [-0.1, -0.05) is 18.2 Å². The van der Waals surface area contributed by atoms with Gasteiger partial charge < -0.3 is 10.0 Å². The van der Waals surface area contributed by atoms with E-state index in [1.165, 1.54) is 0 Å². The predicted molar refractivity (Wildman–Crippen MR) is 105 cm³/mol. The fourth-order valence-corrected chi connectivity index (χ4v) is 3.66. The number of benzene rings is 1. The van der Waals surface area contributed by atoms with Crippen LogP contribution in [0.25, 0.3) is 0 Å². The van der Waals surface area contributed by atoms with E-state index in [-0.39, 0.29) is 5.91 Å². The molecule has 0 radical (unpaired) electrons. The lowest BCUT2D eigenvalue weighted by Crippen LogP contribution is -2.48. The molecule has 6 heteroatoms. The van der Waals surface area contributed by atoms with Crippen molar-refractivity contribution in [1.82, 2.24) is 15.2 Å². The molecule has 1 amide bonds. The minimum absolute atomic E-state index is 0.0345. The molecule has 3 rings (SSSR count). The second-order valence-electron chi connectivity index (χ2n) is 6.21. The molecule has 2 aromatic rings. The number of hydrogen-bond donors (Lipinski definition) is 2. The Morgan fingerprint density at radius 1 is 1.20 bits per heavy atom. The number of amides is 1. The molecule has 1 aliphatic rings. The maximum Gasteiger partial charge on any atom is 0.242 e. The van der Waals surface area contributed by atoms with Crippen LogP contribution in [0.4, 0.5) is 0 Å². The third-order valence-electron chi connectivity index (χ3n) is 4.52. The molecule has 25 heavy (non-hydrogen) atoms. The molecule has 2 atom stereocenters. The van der Waals surface area contributed by atoms with Gasteiger partial charge in [0.1, 0.15) is 12.1 Å². The van der Waals surface area contributed by atoms with Gasteiger partial charge >= 0.3 is 0 Å². The number of carbonyl (C=O) groups is 1. The molecule has 5 nitrogen and oxygen atoms in total. The van der Waals surface area contributed by atoms with Gasteiger partial charge in [-0.25, -0.2) is 0 Å². The van der Waals surface area contributed by atoms with E-state index in [2.05, 4.69) is 32.9 Å². The van der Waals surface area contributed by atoms with Gasteiger partial charge in [0.2, 0.25) is 5.91 Å². The standard InChI is InChI=1S/C19H22IN3O2/c20-16-6-2-1-5-15(16)13-22-17(19(25)23-11-3-4-12-23)18(24)14-7-9-21-10-8-14/h1-2,5-10,17-18,22,24H,3-4,11-13H2/t17-,18+/m1/s1. The average Bonchev–Trinajstić information content (AvgIpc) is 3.18. The molecule has 0 spiro atoms. The highest BCUT2D eigenvalue weighted by atomic mass is 127. The van der Waals surface area contributed by atoms with Crippen LogP contribution in [0.5, 0.6) is 0 Å². The Labute approximate surface area is 161 Å². The van der Waals surface area contributed by atoms with E-state index in [1.807, 2.05) is 29.2 Å². The zero-order chi connectivity index (χ0) is 17.6. The minimum Gasteiger partial charge on any atom is -0.386 e. The molecule has 0 bridgehead atoms. The highest BCUT2D eigenvalue weighted by Crippen LogP contribution is 2.21. The van der Waals surface area contributed by atoms with Crippen molar-refractivity contribution in [2.75, 3.05) is 13.1 Å². The number of nitrogens with zero attached hydrogens (tertiary/aromatic N) is 2. The van der Waals surface area contributed by atoms with Gasteiger partial charge in [0, 0.05) is 35.6 Å². The molecule has 0 unspecified atom stereocenters. The lowest BCUT2D eigenvalue weighted by Gasteiger charge is -2.28.